The van der Waals surface area contributed by atoms with Crippen molar-refractivity contribution in [2.24, 2.45) is 0 Å². The van der Waals surface area contributed by atoms with Gasteiger partial charge in [0.15, 0.2) is 5.43 Å². The van der Waals surface area contributed by atoms with E-state index in [1.165, 1.54) is 6.07 Å². The van der Waals surface area contributed by atoms with Crippen LogP contribution in [-0.2, 0) is 22.7 Å². The second kappa shape index (κ2) is 12.4. The molecule has 1 aliphatic heterocycles. The van der Waals surface area contributed by atoms with Gasteiger partial charge in [0.2, 0.25) is 0 Å². The summed E-state index contributed by atoms with van der Waals surface area (Å²) in [5.74, 6) is 1.04. The van der Waals surface area contributed by atoms with Crippen molar-refractivity contribution in [3.05, 3.63) is 64.3 Å². The molecule has 5 rings (SSSR count). The molecule has 0 amide bonds. The van der Waals surface area contributed by atoms with Crippen molar-refractivity contribution in [3.63, 3.8) is 0 Å². The van der Waals surface area contributed by atoms with Crippen molar-refractivity contribution in [1.29, 1.82) is 0 Å². The molecule has 4 aromatic rings. The lowest BCUT2D eigenvalue weighted by molar-refractivity contribution is -0.365. The highest BCUT2D eigenvalue weighted by molar-refractivity contribution is 5.80. The molecule has 13 nitrogen and oxygen atoms in total. The molecule has 0 saturated heterocycles. The Hall–Kier alpha value is -3.27. The van der Waals surface area contributed by atoms with Crippen molar-refractivity contribution < 1.29 is 44.5 Å². The lowest BCUT2D eigenvalue weighted by Crippen LogP contribution is -2.61. The zero-order valence-electron chi connectivity index (χ0n) is 24.3. The Kier molecular flexibility index (Phi) is 8.97. The minimum atomic E-state index is -2.34. The summed E-state index contributed by atoms with van der Waals surface area (Å²) in [7, 11) is 1.81. The van der Waals surface area contributed by atoms with Gasteiger partial charge in [0.25, 0.3) is 0 Å². The first-order valence-electron chi connectivity index (χ1n) is 14.2. The molecule has 3 aromatic heterocycles. The molecule has 6 atom stereocenters. The zero-order chi connectivity index (χ0) is 30.9. The van der Waals surface area contributed by atoms with E-state index < -0.39 is 48.8 Å². The number of aromatic nitrogens is 2. The van der Waals surface area contributed by atoms with E-state index in [2.05, 4.69) is 10.3 Å². The second-order valence-corrected chi connectivity index (χ2v) is 11.4. The van der Waals surface area contributed by atoms with Crippen LogP contribution in [0, 0.1) is 6.92 Å². The Morgan fingerprint density at radius 3 is 2.79 bits per heavy atom. The van der Waals surface area contributed by atoms with Crippen molar-refractivity contribution in [2.75, 3.05) is 26.8 Å². The fraction of sp³-hybridized carbons (Fsp3) is 0.500. The van der Waals surface area contributed by atoms with Gasteiger partial charge in [-0.2, -0.15) is 0 Å². The second-order valence-electron chi connectivity index (χ2n) is 11.4. The molecule has 0 bridgehead atoms. The normalized spacial score (nSPS) is 22.2. The fourth-order valence-corrected chi connectivity index (χ4v) is 5.63. The first-order valence-corrected chi connectivity index (χ1v) is 14.2. The molecule has 0 spiro atoms. The van der Waals surface area contributed by atoms with Crippen molar-refractivity contribution in [3.8, 4) is 5.75 Å². The van der Waals surface area contributed by atoms with E-state index in [1.807, 2.05) is 14.0 Å². The average molecular weight is 602 g/mol. The number of hydrogen-bond acceptors (Lipinski definition) is 11. The number of nitrogens with one attached hydrogen (secondary N) is 2. The average Bonchev–Trinajstić information content (AvgIpc) is 3.60. The number of aromatic amines is 1. The molecule has 1 aromatic carbocycles. The van der Waals surface area contributed by atoms with Crippen molar-refractivity contribution in [2.45, 2.75) is 68.9 Å². The Labute approximate surface area is 247 Å². The Morgan fingerprint density at radius 2 is 2.05 bits per heavy atom. The number of rotatable bonds is 13. The third kappa shape index (κ3) is 6.08. The van der Waals surface area contributed by atoms with Crippen LogP contribution in [0.1, 0.15) is 24.7 Å². The Balaban J connectivity index is 1.36. The van der Waals surface area contributed by atoms with Crippen LogP contribution in [0.3, 0.4) is 0 Å². The number of hydrogen-bond donors (Lipinski definition) is 7. The molecule has 1 aliphatic rings. The molecule has 234 valence electrons. The predicted octanol–water partition coefficient (Wildman–Crippen LogP) is 0.510. The first-order chi connectivity index (χ1) is 20.5. The molecule has 0 aliphatic carbocycles. The van der Waals surface area contributed by atoms with E-state index in [-0.39, 0.29) is 12.0 Å². The number of fused-ring (bicyclic) bond motifs is 3. The summed E-state index contributed by atoms with van der Waals surface area (Å²) >= 11 is 0. The molecule has 4 heterocycles. The zero-order valence-corrected chi connectivity index (χ0v) is 24.3. The van der Waals surface area contributed by atoms with Crippen LogP contribution in [0.15, 0.2) is 51.9 Å². The van der Waals surface area contributed by atoms with Gasteiger partial charge in [-0.1, -0.05) is 0 Å². The Morgan fingerprint density at radius 1 is 1.26 bits per heavy atom. The quantitative estimate of drug-likeness (QED) is 0.0834. The van der Waals surface area contributed by atoms with E-state index in [9.17, 15) is 30.3 Å². The van der Waals surface area contributed by atoms with Gasteiger partial charge in [0, 0.05) is 37.4 Å². The van der Waals surface area contributed by atoms with Gasteiger partial charge in [0.05, 0.1) is 29.6 Å². The molecule has 43 heavy (non-hydrogen) atoms. The van der Waals surface area contributed by atoms with Crippen LogP contribution in [0.25, 0.3) is 22.0 Å². The number of aliphatic hydroxyl groups excluding tert-OH is 4. The highest BCUT2D eigenvalue weighted by Gasteiger charge is 2.48. The molecule has 7 N–H and O–H groups in total. The molecule has 0 saturated carbocycles. The van der Waals surface area contributed by atoms with Gasteiger partial charge in [-0.05, 0) is 51.2 Å². The lowest BCUT2D eigenvalue weighted by atomic mass is 9.86. The van der Waals surface area contributed by atoms with Gasteiger partial charge in [-0.25, -0.2) is 9.78 Å². The van der Waals surface area contributed by atoms with Gasteiger partial charge >= 0.3 is 0 Å². The van der Waals surface area contributed by atoms with Crippen LogP contribution in [0.4, 0.5) is 0 Å². The topological polar surface area (TPSA) is 192 Å². The number of nitrogens with zero attached hydrogens (tertiary/aromatic N) is 1. The standard InChI is InChI=1S/C30H39N3O10/c1-17-10-22(35)19-11-18-12-27(29(2,6-8-31-3)42-24(18)13-25(19)41-17)43-40-15-26(37)30(39,28(38)23(36)14-34)16-33-9-5-20-21(33)4-7-32-20/h4-5,7,9-11,13,23,26-28,31-32,34,36-39H,6,8,12,14-16H2,1-3H3/t23-,26+,27-,28-,29+,30-/m1/s1. The number of benzene rings is 1. The highest BCUT2D eigenvalue weighted by atomic mass is 17.2. The maximum atomic E-state index is 12.6. The summed E-state index contributed by atoms with van der Waals surface area (Å²) in [5, 5.41) is 56.6. The third-order valence-corrected chi connectivity index (χ3v) is 8.30. The summed E-state index contributed by atoms with van der Waals surface area (Å²) < 4.78 is 13.8. The minimum Gasteiger partial charge on any atom is -0.484 e. The van der Waals surface area contributed by atoms with E-state index in [0.717, 1.165) is 5.52 Å². The Bertz CT molecular complexity index is 1610. The van der Waals surface area contributed by atoms with Crippen LogP contribution in [0.5, 0.6) is 5.75 Å². The van der Waals surface area contributed by atoms with Crippen LogP contribution in [-0.4, -0.2) is 97.5 Å². The predicted molar refractivity (Wildman–Crippen MR) is 156 cm³/mol. The number of H-pyrrole nitrogens is 1. The maximum Gasteiger partial charge on any atom is 0.192 e. The van der Waals surface area contributed by atoms with Gasteiger partial charge in [0.1, 0.15) is 59.3 Å². The number of ether oxygens (including phenoxy) is 1. The van der Waals surface area contributed by atoms with Gasteiger partial charge in [-0.3, -0.25) is 4.79 Å². The summed E-state index contributed by atoms with van der Waals surface area (Å²) in [4.78, 5) is 26.9. The van der Waals surface area contributed by atoms with Crippen molar-refractivity contribution in [1.82, 2.24) is 14.9 Å². The van der Waals surface area contributed by atoms with Crippen LogP contribution >= 0.6 is 0 Å². The molecule has 0 unspecified atom stereocenters. The molecule has 0 radical (unpaired) electrons. The molecule has 0 fully saturated rings. The molecular formula is C30H39N3O10. The monoisotopic (exact) mass is 601 g/mol. The smallest absolute Gasteiger partial charge is 0.192 e. The van der Waals surface area contributed by atoms with E-state index in [0.29, 0.717) is 52.9 Å². The third-order valence-electron chi connectivity index (χ3n) is 8.30. The van der Waals surface area contributed by atoms with Gasteiger partial charge < -0.3 is 49.6 Å². The van der Waals surface area contributed by atoms with E-state index >= 15 is 0 Å². The molecular weight excluding hydrogens is 562 g/mol. The summed E-state index contributed by atoms with van der Waals surface area (Å²) in [5.41, 5.74) is -0.820. The SMILES string of the molecule is CNCC[C@]1(C)Oc2cc3oc(C)cc(=O)c3cc2C[C@H]1OOC[C@H](O)[C@](O)(Cn1ccc2[nH]ccc21)[C@H](O)[C@H](O)CO. The number of aliphatic hydroxyl groups is 5. The van der Waals surface area contributed by atoms with Crippen LogP contribution < -0.4 is 15.5 Å². The van der Waals surface area contributed by atoms with Crippen molar-refractivity contribution >= 4 is 22.0 Å². The first kappa shape index (κ1) is 31.2. The molecule has 13 heteroatoms. The highest BCUT2D eigenvalue weighted by Crippen LogP contribution is 2.39. The summed E-state index contributed by atoms with van der Waals surface area (Å²) in [6.07, 6.45) is -1.93. The largest absolute Gasteiger partial charge is 0.484 e. The number of aryl methyl sites for hydroxylation is 1. The van der Waals surface area contributed by atoms with E-state index in [1.54, 1.807) is 48.1 Å². The van der Waals surface area contributed by atoms with Gasteiger partial charge in [-0.15, -0.1) is 0 Å². The summed E-state index contributed by atoms with van der Waals surface area (Å²) in [6.45, 7) is 2.40. The van der Waals surface area contributed by atoms with E-state index in [4.69, 9.17) is 18.9 Å². The van der Waals surface area contributed by atoms with Crippen LogP contribution in [0.2, 0.25) is 0 Å². The maximum absolute atomic E-state index is 12.6. The minimum absolute atomic E-state index is 0.176. The lowest BCUT2D eigenvalue weighted by Gasteiger charge is -2.42. The fourth-order valence-electron chi connectivity index (χ4n) is 5.63. The summed E-state index contributed by atoms with van der Waals surface area (Å²) in [6, 6.07) is 8.36.